The highest BCUT2D eigenvalue weighted by Crippen LogP contribution is 2.13. The Hall–Kier alpha value is -3.58. The number of fused-ring (bicyclic) bond motifs is 1. The number of anilines is 1. The number of pyridine rings is 1. The van der Waals surface area contributed by atoms with Crippen LogP contribution in [0.5, 0.6) is 0 Å². The van der Waals surface area contributed by atoms with Gasteiger partial charge in [-0.3, -0.25) is 9.69 Å². The predicted octanol–water partition coefficient (Wildman–Crippen LogP) is 3.32. The molecule has 0 unspecified atom stereocenters. The summed E-state index contributed by atoms with van der Waals surface area (Å²) in [5.74, 6) is 0.242. The average Bonchev–Trinajstić information content (AvgIpc) is 3.13. The van der Waals surface area contributed by atoms with Gasteiger partial charge in [-0.2, -0.15) is 5.10 Å². The maximum absolute atomic E-state index is 12.4. The Kier molecular flexibility index (Phi) is 5.31. The maximum Gasteiger partial charge on any atom is 0.256 e. The number of aromatic nitrogens is 4. The molecule has 0 atom stereocenters. The summed E-state index contributed by atoms with van der Waals surface area (Å²) in [6, 6.07) is 17.1. The number of aryl methyl sites for hydroxylation is 1. The van der Waals surface area contributed by atoms with Gasteiger partial charge in [0.25, 0.3) is 5.91 Å². The van der Waals surface area contributed by atoms with E-state index in [0.29, 0.717) is 11.4 Å². The van der Waals surface area contributed by atoms with E-state index in [1.807, 2.05) is 67.8 Å². The first-order valence-electron chi connectivity index (χ1n) is 9.38. The van der Waals surface area contributed by atoms with Gasteiger partial charge in [-0.15, -0.1) is 5.10 Å². The molecule has 1 aromatic carbocycles. The van der Waals surface area contributed by atoms with Crippen molar-refractivity contribution in [3.63, 3.8) is 0 Å². The van der Waals surface area contributed by atoms with Crippen LogP contribution in [-0.2, 0) is 13.1 Å². The number of benzene rings is 1. The summed E-state index contributed by atoms with van der Waals surface area (Å²) >= 11 is 0. The third kappa shape index (κ3) is 4.47. The molecule has 0 aliphatic heterocycles. The van der Waals surface area contributed by atoms with Crippen LogP contribution in [0.3, 0.4) is 0 Å². The number of imidazole rings is 1. The van der Waals surface area contributed by atoms with Crippen molar-refractivity contribution in [1.29, 1.82) is 0 Å². The number of rotatable bonds is 6. The summed E-state index contributed by atoms with van der Waals surface area (Å²) in [5.41, 5.74) is 4.61. The van der Waals surface area contributed by atoms with E-state index in [-0.39, 0.29) is 5.91 Å². The molecular formula is C22H22N6O. The van der Waals surface area contributed by atoms with Gasteiger partial charge in [0.05, 0.1) is 17.6 Å². The molecule has 0 aliphatic carbocycles. The van der Waals surface area contributed by atoms with Crippen LogP contribution >= 0.6 is 0 Å². The number of carbonyl (C=O) groups is 1. The topological polar surface area (TPSA) is 75.4 Å². The molecule has 146 valence electrons. The monoisotopic (exact) mass is 386 g/mol. The molecule has 0 fully saturated rings. The molecule has 4 rings (SSSR count). The SMILES string of the molecule is Cc1ccc(NC(=O)c2ccc(CN(C)Cc3cnc4ccccn34)cc2)nn1. The summed E-state index contributed by atoms with van der Waals surface area (Å²) in [6.45, 7) is 3.40. The minimum atomic E-state index is -0.200. The minimum absolute atomic E-state index is 0.200. The van der Waals surface area contributed by atoms with E-state index in [4.69, 9.17) is 0 Å². The third-order valence-electron chi connectivity index (χ3n) is 4.63. The van der Waals surface area contributed by atoms with Crippen LogP contribution in [0.4, 0.5) is 5.82 Å². The zero-order valence-corrected chi connectivity index (χ0v) is 16.4. The Balaban J connectivity index is 1.37. The van der Waals surface area contributed by atoms with Crippen LogP contribution in [0, 0.1) is 6.92 Å². The summed E-state index contributed by atoms with van der Waals surface area (Å²) in [7, 11) is 2.07. The predicted molar refractivity (Wildman–Crippen MR) is 112 cm³/mol. The van der Waals surface area contributed by atoms with Gasteiger partial charge >= 0.3 is 0 Å². The molecule has 7 heteroatoms. The second kappa shape index (κ2) is 8.20. The van der Waals surface area contributed by atoms with Crippen molar-refractivity contribution in [3.05, 3.63) is 89.5 Å². The van der Waals surface area contributed by atoms with Crippen LogP contribution in [0.25, 0.3) is 5.65 Å². The zero-order valence-electron chi connectivity index (χ0n) is 16.4. The molecule has 0 spiro atoms. The minimum Gasteiger partial charge on any atom is -0.305 e. The van der Waals surface area contributed by atoms with Crippen molar-refractivity contribution in [1.82, 2.24) is 24.5 Å². The first-order chi connectivity index (χ1) is 14.1. The Bertz CT molecular complexity index is 1120. The van der Waals surface area contributed by atoms with Crippen molar-refractivity contribution in [2.24, 2.45) is 0 Å². The van der Waals surface area contributed by atoms with Crippen LogP contribution in [0.2, 0.25) is 0 Å². The highest BCUT2D eigenvalue weighted by Gasteiger charge is 2.09. The fourth-order valence-electron chi connectivity index (χ4n) is 3.16. The zero-order chi connectivity index (χ0) is 20.2. The summed E-state index contributed by atoms with van der Waals surface area (Å²) in [4.78, 5) is 19.0. The molecule has 0 saturated carbocycles. The van der Waals surface area contributed by atoms with E-state index in [1.54, 1.807) is 6.07 Å². The lowest BCUT2D eigenvalue weighted by atomic mass is 10.1. The highest BCUT2D eigenvalue weighted by molar-refractivity contribution is 6.03. The molecule has 0 saturated heterocycles. The number of hydrogen-bond donors (Lipinski definition) is 1. The van der Waals surface area contributed by atoms with Gasteiger partial charge in [0.1, 0.15) is 5.65 Å². The van der Waals surface area contributed by atoms with Crippen LogP contribution < -0.4 is 5.32 Å². The van der Waals surface area contributed by atoms with Gasteiger partial charge in [-0.25, -0.2) is 4.98 Å². The molecule has 1 N–H and O–H groups in total. The molecule has 0 aliphatic rings. The van der Waals surface area contributed by atoms with Gasteiger partial charge in [0.15, 0.2) is 5.82 Å². The average molecular weight is 386 g/mol. The van der Waals surface area contributed by atoms with E-state index in [9.17, 15) is 4.79 Å². The Morgan fingerprint density at radius 1 is 1.03 bits per heavy atom. The standard InChI is InChI=1S/C22H22N6O/c1-16-6-11-20(26-25-16)24-22(29)18-9-7-17(8-10-18)14-27(2)15-19-13-23-21-5-3-4-12-28(19)21/h3-13H,14-15H2,1-2H3,(H,24,26,29). The molecule has 0 radical (unpaired) electrons. The first kappa shape index (κ1) is 18.8. The van der Waals surface area contributed by atoms with E-state index < -0.39 is 0 Å². The largest absolute Gasteiger partial charge is 0.305 e. The lowest BCUT2D eigenvalue weighted by Gasteiger charge is -2.16. The Morgan fingerprint density at radius 3 is 2.62 bits per heavy atom. The van der Waals surface area contributed by atoms with Crippen LogP contribution in [-0.4, -0.2) is 37.4 Å². The van der Waals surface area contributed by atoms with E-state index in [1.165, 1.54) is 0 Å². The molecule has 4 aromatic rings. The molecule has 1 amide bonds. The maximum atomic E-state index is 12.4. The van der Waals surface area contributed by atoms with Crippen LogP contribution in [0.1, 0.15) is 27.3 Å². The van der Waals surface area contributed by atoms with Gasteiger partial charge < -0.3 is 9.72 Å². The second-order valence-electron chi connectivity index (χ2n) is 7.06. The number of carbonyl (C=O) groups excluding carboxylic acids is 1. The summed E-state index contributed by atoms with van der Waals surface area (Å²) in [6.07, 6.45) is 3.94. The number of hydrogen-bond acceptors (Lipinski definition) is 5. The van der Waals surface area contributed by atoms with E-state index in [0.717, 1.165) is 35.7 Å². The first-order valence-corrected chi connectivity index (χ1v) is 9.38. The van der Waals surface area contributed by atoms with Gasteiger partial charge in [-0.1, -0.05) is 18.2 Å². The lowest BCUT2D eigenvalue weighted by Crippen LogP contribution is -2.18. The van der Waals surface area contributed by atoms with Crippen molar-refractivity contribution in [3.8, 4) is 0 Å². The van der Waals surface area contributed by atoms with Crippen molar-refractivity contribution in [2.75, 3.05) is 12.4 Å². The number of nitrogens with one attached hydrogen (secondary N) is 1. The lowest BCUT2D eigenvalue weighted by molar-refractivity contribution is 0.102. The quantitative estimate of drug-likeness (QED) is 0.550. The van der Waals surface area contributed by atoms with Crippen molar-refractivity contribution < 1.29 is 4.79 Å². The highest BCUT2D eigenvalue weighted by atomic mass is 16.1. The van der Waals surface area contributed by atoms with Crippen molar-refractivity contribution in [2.45, 2.75) is 20.0 Å². The third-order valence-corrected chi connectivity index (χ3v) is 4.63. The Labute approximate surface area is 169 Å². The second-order valence-corrected chi connectivity index (χ2v) is 7.06. The van der Waals surface area contributed by atoms with Gasteiger partial charge in [-0.05, 0) is 55.9 Å². The molecular weight excluding hydrogens is 364 g/mol. The number of amides is 1. The van der Waals surface area contributed by atoms with E-state index >= 15 is 0 Å². The van der Waals surface area contributed by atoms with Gasteiger partial charge in [0, 0.05) is 24.8 Å². The van der Waals surface area contributed by atoms with Crippen molar-refractivity contribution >= 4 is 17.4 Å². The van der Waals surface area contributed by atoms with Crippen LogP contribution in [0.15, 0.2) is 67.0 Å². The smallest absolute Gasteiger partial charge is 0.256 e. The normalized spacial score (nSPS) is 11.1. The molecule has 29 heavy (non-hydrogen) atoms. The van der Waals surface area contributed by atoms with E-state index in [2.05, 4.69) is 36.8 Å². The van der Waals surface area contributed by atoms with Gasteiger partial charge in [0.2, 0.25) is 0 Å². The molecule has 3 heterocycles. The fourth-order valence-corrected chi connectivity index (χ4v) is 3.16. The summed E-state index contributed by atoms with van der Waals surface area (Å²) < 4.78 is 2.10. The molecule has 7 nitrogen and oxygen atoms in total. The molecule has 3 aromatic heterocycles. The Morgan fingerprint density at radius 2 is 1.86 bits per heavy atom. The molecule has 0 bridgehead atoms. The number of nitrogens with zero attached hydrogens (tertiary/aromatic N) is 5. The fraction of sp³-hybridized carbons (Fsp3) is 0.182. The summed E-state index contributed by atoms with van der Waals surface area (Å²) in [5, 5.41) is 10.7.